The zero-order valence-electron chi connectivity index (χ0n) is 3.86. The normalized spacial score (nSPS) is 3.25. The Morgan fingerprint density at radius 1 is 1.75 bits per heavy atom. The molecule has 0 aliphatic carbocycles. The van der Waals surface area contributed by atoms with Crippen LogP contribution in [0.25, 0.3) is 0 Å². The van der Waals surface area contributed by atoms with Gasteiger partial charge in [-0.05, 0) is 0 Å². The van der Waals surface area contributed by atoms with Crippen molar-refractivity contribution >= 4 is 0 Å². The predicted octanol–water partition coefficient (Wildman–Crippen LogP) is 1.29. The quantitative estimate of drug-likeness (QED) is 0.398. The summed E-state index contributed by atoms with van der Waals surface area (Å²) < 4.78 is 5.50. The van der Waals surface area contributed by atoms with Gasteiger partial charge in [-0.3, -0.25) is 0 Å². The largest absolute Gasteiger partial charge is 2.00 e. The monoisotopic (exact) mass is 96.0 g/mol. The van der Waals surface area contributed by atoms with E-state index in [0.717, 1.165) is 0 Å². The van der Waals surface area contributed by atoms with Gasteiger partial charge in [0.15, 0.2) is 0 Å². The molecule has 0 aliphatic rings. The summed E-state index contributed by atoms with van der Waals surface area (Å²) in [6, 6.07) is 0. The molecular weight excluding hydrogens is 87.0 g/mol. The molecule has 0 aliphatic heterocycles. The Bertz CT molecular complexity index is 6.85. The summed E-state index contributed by atoms with van der Waals surface area (Å²) in [6.45, 7) is 5.00. The predicted molar refractivity (Wildman–Crippen MR) is 17.4 cm³/mol. The molecule has 0 aromatic carbocycles. The van der Waals surface area contributed by atoms with Gasteiger partial charge < -0.3 is 14.3 Å². The Hall–Kier alpha value is 0.584. The first-order valence-corrected chi connectivity index (χ1v) is 0.707. The average molecular weight is 96.0 g/mol. The van der Waals surface area contributed by atoms with Gasteiger partial charge in [0.2, 0.25) is 0 Å². The molecule has 25 valence electrons. The summed E-state index contributed by atoms with van der Waals surface area (Å²) in [5, 5.41) is 0. The maximum absolute atomic E-state index is 5.50. The van der Waals surface area contributed by atoms with E-state index in [1.807, 2.05) is 0 Å². The maximum Gasteiger partial charge on any atom is 2.00 e. The number of hydrogen-bond acceptors (Lipinski definition) is 0. The van der Waals surface area contributed by atoms with E-state index in [1.54, 1.807) is 6.92 Å². The summed E-state index contributed by atoms with van der Waals surface area (Å²) >= 11 is 0. The Balaban J connectivity index is -0.0000000133. The molecule has 0 aromatic heterocycles. The van der Waals surface area contributed by atoms with Gasteiger partial charge in [-0.15, -0.1) is 0 Å². The van der Waals surface area contributed by atoms with Gasteiger partial charge in [0.1, 0.15) is 0 Å². The molecule has 0 saturated carbocycles. The van der Waals surface area contributed by atoms with E-state index in [1.165, 1.54) is 0 Å². The van der Waals surface area contributed by atoms with Crippen molar-refractivity contribution in [1.29, 1.82) is 0 Å². The van der Waals surface area contributed by atoms with Crippen molar-refractivity contribution in [3.05, 3.63) is 14.3 Å². The van der Waals surface area contributed by atoms with Gasteiger partial charge >= 0.3 is 18.6 Å². The van der Waals surface area contributed by atoms with Crippen molar-refractivity contribution in [3.63, 3.8) is 0 Å². The summed E-state index contributed by atoms with van der Waals surface area (Å²) in [4.78, 5) is 0. The van der Waals surface area contributed by atoms with Crippen LogP contribution >= 0.6 is 0 Å². The van der Waals surface area contributed by atoms with Crippen molar-refractivity contribution in [3.8, 4) is 0 Å². The topological polar surface area (TPSA) is 0 Å². The molecule has 4 heavy (non-hydrogen) atoms. The van der Waals surface area contributed by atoms with Crippen LogP contribution in [0.15, 0.2) is 0 Å². The van der Waals surface area contributed by atoms with E-state index in [-0.39, 0.29) is 18.6 Å². The standard InChI is InChI=1S/C2H5.CH3.V/c1-2;;/h1H2,2H3;1H3;/q2*-1;+2/i;1D;. The second-order valence-electron chi connectivity index (χ2n) is 0. The van der Waals surface area contributed by atoms with Crippen LogP contribution in [0.1, 0.15) is 8.29 Å². The molecule has 1 radical (unpaired) electrons. The maximum atomic E-state index is 5.50. The van der Waals surface area contributed by atoms with Gasteiger partial charge in [0, 0.05) is 0 Å². The smallest absolute Gasteiger partial charge is 0.358 e. The third-order valence-electron chi connectivity index (χ3n) is 0. The molecule has 0 unspecified atom stereocenters. The Morgan fingerprint density at radius 3 is 1.75 bits per heavy atom. The molecule has 0 fully saturated rings. The molecule has 0 saturated heterocycles. The van der Waals surface area contributed by atoms with Crippen LogP contribution in [0.2, 0.25) is 0 Å². The minimum atomic E-state index is 0. The van der Waals surface area contributed by atoms with Crippen molar-refractivity contribution in [2.24, 2.45) is 0 Å². The molecular formula is C3H8V. The van der Waals surface area contributed by atoms with Gasteiger partial charge in [0.05, 0.1) is 0 Å². The van der Waals surface area contributed by atoms with Gasteiger partial charge in [-0.25, -0.2) is 1.37 Å². The fraction of sp³-hybridized carbons (Fsp3) is 0.333. The van der Waals surface area contributed by atoms with Gasteiger partial charge in [0.25, 0.3) is 0 Å². The van der Waals surface area contributed by atoms with E-state index >= 15 is 0 Å². The molecule has 0 atom stereocenters. The Kier molecular flexibility index (Phi) is 155. The summed E-state index contributed by atoms with van der Waals surface area (Å²) in [7, 11) is 2.50. The third-order valence-corrected chi connectivity index (χ3v) is 0. The number of rotatable bonds is 0. The van der Waals surface area contributed by atoms with Crippen LogP contribution in [0.5, 0.6) is 0 Å². The fourth-order valence-electron chi connectivity index (χ4n) is 0. The van der Waals surface area contributed by atoms with Crippen molar-refractivity contribution in [2.75, 3.05) is 0 Å². The third kappa shape index (κ3) is 19.0. The summed E-state index contributed by atoms with van der Waals surface area (Å²) in [6.07, 6.45) is 0. The second kappa shape index (κ2) is 70.1. The van der Waals surface area contributed by atoms with E-state index in [2.05, 4.69) is 14.3 Å². The van der Waals surface area contributed by atoms with E-state index < -0.39 is 0 Å². The van der Waals surface area contributed by atoms with E-state index in [9.17, 15) is 0 Å². The molecule has 0 heterocycles. The van der Waals surface area contributed by atoms with E-state index in [4.69, 9.17) is 1.37 Å². The van der Waals surface area contributed by atoms with Crippen LogP contribution in [0.3, 0.4) is 0 Å². The first kappa shape index (κ1) is 8.82. The van der Waals surface area contributed by atoms with Crippen LogP contribution in [-0.2, 0) is 18.6 Å². The zero-order chi connectivity index (χ0) is 4.00. The molecule has 0 amide bonds. The molecule has 0 spiro atoms. The summed E-state index contributed by atoms with van der Waals surface area (Å²) in [5.41, 5.74) is 0. The first-order valence-electron chi connectivity index (χ1n) is 1.41. The molecule has 0 bridgehead atoms. The molecule has 0 rings (SSSR count). The SMILES string of the molecule is [2H][CH2-].[CH2-]C.[V+2]. The second-order valence-corrected chi connectivity index (χ2v) is 0. The van der Waals surface area contributed by atoms with Gasteiger partial charge in [-0.1, -0.05) is 0 Å². The molecule has 0 aromatic rings. The molecule has 1 heteroatoms. The molecule has 0 nitrogen and oxygen atoms in total. The minimum absolute atomic E-state index is 0. The number of hydrogen-bond donors (Lipinski definition) is 0. The average Bonchev–Trinajstić information content (AvgIpc) is 1.50. The fourth-order valence-corrected chi connectivity index (χ4v) is 0. The van der Waals surface area contributed by atoms with Crippen LogP contribution in [-0.4, -0.2) is 0 Å². The minimum Gasteiger partial charge on any atom is -0.358 e. The Labute approximate surface area is 41.9 Å². The van der Waals surface area contributed by atoms with Crippen molar-refractivity contribution in [1.82, 2.24) is 0 Å². The summed E-state index contributed by atoms with van der Waals surface area (Å²) in [5.74, 6) is 0. The zero-order valence-corrected chi connectivity index (χ0v) is 4.26. The van der Waals surface area contributed by atoms with Crippen LogP contribution in [0.4, 0.5) is 0 Å². The van der Waals surface area contributed by atoms with E-state index in [0.29, 0.717) is 0 Å². The molecule has 0 N–H and O–H groups in total. The van der Waals surface area contributed by atoms with Crippen LogP contribution < -0.4 is 0 Å². The Morgan fingerprint density at radius 2 is 1.75 bits per heavy atom. The van der Waals surface area contributed by atoms with Crippen LogP contribution in [0, 0.1) is 14.3 Å². The first-order chi connectivity index (χ1) is 2.00. The van der Waals surface area contributed by atoms with Gasteiger partial charge in [-0.2, -0.15) is 6.92 Å². The van der Waals surface area contributed by atoms with Crippen molar-refractivity contribution < 1.29 is 19.9 Å². The van der Waals surface area contributed by atoms with Crippen molar-refractivity contribution in [2.45, 2.75) is 6.92 Å².